The number of rotatable bonds is 5. The monoisotopic (exact) mass is 327 g/mol. The van der Waals surface area contributed by atoms with E-state index in [0.717, 1.165) is 0 Å². The van der Waals surface area contributed by atoms with Gasteiger partial charge in [0.05, 0.1) is 22.2 Å². The molecule has 0 atom stereocenters. The standard InChI is InChI=1S/C16H13N3O5/c20-14(21)8-1-3-11(15(22)23)9(5-8)7-17-10-2-4-12-13(6-10)19-16(24)18-12/h1-6,17H,7H2,(H,20,21)(H,22,23)(H2,18,19,24). The Balaban J connectivity index is 1.88. The van der Waals surface area contributed by atoms with Crippen molar-refractivity contribution >= 4 is 28.7 Å². The minimum Gasteiger partial charge on any atom is -0.478 e. The third-order valence-electron chi connectivity index (χ3n) is 3.58. The molecular weight excluding hydrogens is 314 g/mol. The van der Waals surface area contributed by atoms with Gasteiger partial charge >= 0.3 is 17.6 Å². The summed E-state index contributed by atoms with van der Waals surface area (Å²) in [6.07, 6.45) is 0. The first-order valence-corrected chi connectivity index (χ1v) is 6.99. The molecule has 3 rings (SSSR count). The van der Waals surface area contributed by atoms with Crippen LogP contribution < -0.4 is 11.0 Å². The molecule has 2 aromatic carbocycles. The van der Waals surface area contributed by atoms with Crippen LogP contribution in [0.15, 0.2) is 41.2 Å². The maximum Gasteiger partial charge on any atom is 0.336 e. The molecule has 1 aromatic heterocycles. The average Bonchev–Trinajstić information content (AvgIpc) is 2.91. The third-order valence-corrected chi connectivity index (χ3v) is 3.58. The first-order valence-electron chi connectivity index (χ1n) is 6.99. The zero-order valence-electron chi connectivity index (χ0n) is 12.3. The SMILES string of the molecule is O=C(O)c1ccc(C(=O)O)c(CNc2ccc3[nH]c(=O)[nH]c3c2)c1. The number of hydrogen-bond donors (Lipinski definition) is 5. The van der Waals surface area contributed by atoms with Crippen LogP contribution in [-0.4, -0.2) is 32.1 Å². The Morgan fingerprint density at radius 2 is 1.71 bits per heavy atom. The molecule has 0 bridgehead atoms. The fourth-order valence-electron chi connectivity index (χ4n) is 2.42. The molecule has 0 saturated carbocycles. The minimum absolute atomic E-state index is 0.0159. The van der Waals surface area contributed by atoms with E-state index in [2.05, 4.69) is 15.3 Å². The van der Waals surface area contributed by atoms with E-state index in [9.17, 15) is 19.5 Å². The molecular formula is C16H13N3O5. The van der Waals surface area contributed by atoms with Crippen molar-refractivity contribution in [2.75, 3.05) is 5.32 Å². The summed E-state index contributed by atoms with van der Waals surface area (Å²) in [5.41, 5.74) is 2.02. The number of aromatic carboxylic acids is 2. The van der Waals surface area contributed by atoms with Gasteiger partial charge in [0.25, 0.3) is 0 Å². The van der Waals surface area contributed by atoms with Crippen molar-refractivity contribution in [3.05, 3.63) is 63.6 Å². The summed E-state index contributed by atoms with van der Waals surface area (Å²) < 4.78 is 0. The first kappa shape index (κ1) is 15.3. The Kier molecular flexibility index (Phi) is 3.78. The lowest BCUT2D eigenvalue weighted by Gasteiger charge is -2.10. The van der Waals surface area contributed by atoms with Crippen LogP contribution in [0.3, 0.4) is 0 Å². The van der Waals surface area contributed by atoms with Crippen molar-refractivity contribution in [3.63, 3.8) is 0 Å². The van der Waals surface area contributed by atoms with Gasteiger partial charge in [0.1, 0.15) is 0 Å². The maximum absolute atomic E-state index is 11.3. The van der Waals surface area contributed by atoms with E-state index < -0.39 is 11.9 Å². The van der Waals surface area contributed by atoms with E-state index >= 15 is 0 Å². The molecule has 0 fully saturated rings. The van der Waals surface area contributed by atoms with E-state index in [0.29, 0.717) is 22.3 Å². The lowest BCUT2D eigenvalue weighted by atomic mass is 10.0. The molecule has 0 unspecified atom stereocenters. The van der Waals surface area contributed by atoms with Gasteiger partial charge in [-0.3, -0.25) is 0 Å². The Hall–Kier alpha value is -3.55. The largest absolute Gasteiger partial charge is 0.478 e. The van der Waals surface area contributed by atoms with Gasteiger partial charge in [0.15, 0.2) is 0 Å². The van der Waals surface area contributed by atoms with Gasteiger partial charge in [-0.05, 0) is 42.0 Å². The fourth-order valence-corrected chi connectivity index (χ4v) is 2.42. The summed E-state index contributed by atoms with van der Waals surface area (Å²) in [6.45, 7) is 0.128. The second-order valence-corrected chi connectivity index (χ2v) is 5.18. The smallest absolute Gasteiger partial charge is 0.336 e. The van der Waals surface area contributed by atoms with Gasteiger partial charge in [0.2, 0.25) is 0 Å². The molecule has 8 nitrogen and oxygen atoms in total. The highest BCUT2D eigenvalue weighted by molar-refractivity contribution is 5.93. The van der Waals surface area contributed by atoms with Crippen LogP contribution in [0, 0.1) is 0 Å². The zero-order chi connectivity index (χ0) is 17.3. The predicted octanol–water partition coefficient (Wildman–Crippen LogP) is 1.86. The molecule has 0 amide bonds. The Labute approximate surface area is 134 Å². The van der Waals surface area contributed by atoms with Gasteiger partial charge in [-0.1, -0.05) is 0 Å². The van der Waals surface area contributed by atoms with Crippen LogP contribution in [0.4, 0.5) is 5.69 Å². The summed E-state index contributed by atoms with van der Waals surface area (Å²) in [5, 5.41) is 21.3. The second-order valence-electron chi connectivity index (χ2n) is 5.18. The molecule has 0 aliphatic rings. The number of aromatic amines is 2. The summed E-state index contributed by atoms with van der Waals surface area (Å²) in [4.78, 5) is 38.8. The Morgan fingerprint density at radius 3 is 2.42 bits per heavy atom. The van der Waals surface area contributed by atoms with Gasteiger partial charge in [-0.25, -0.2) is 14.4 Å². The highest BCUT2D eigenvalue weighted by atomic mass is 16.4. The number of hydrogen-bond acceptors (Lipinski definition) is 4. The molecule has 0 aliphatic heterocycles. The number of carboxylic acid groups (broad SMARTS) is 2. The molecule has 122 valence electrons. The normalized spacial score (nSPS) is 10.7. The Bertz CT molecular complexity index is 1000. The van der Waals surface area contributed by atoms with Crippen molar-refractivity contribution in [1.82, 2.24) is 9.97 Å². The fraction of sp³-hybridized carbons (Fsp3) is 0.0625. The van der Waals surface area contributed by atoms with E-state index in [1.165, 1.54) is 18.2 Å². The highest BCUT2D eigenvalue weighted by Gasteiger charge is 2.13. The number of imidazole rings is 1. The van der Waals surface area contributed by atoms with E-state index in [1.54, 1.807) is 18.2 Å². The lowest BCUT2D eigenvalue weighted by Crippen LogP contribution is -2.09. The molecule has 24 heavy (non-hydrogen) atoms. The van der Waals surface area contributed by atoms with Gasteiger partial charge in [-0.2, -0.15) is 0 Å². The van der Waals surface area contributed by atoms with E-state index in [-0.39, 0.29) is 23.4 Å². The van der Waals surface area contributed by atoms with Crippen LogP contribution in [0.1, 0.15) is 26.3 Å². The second kappa shape index (κ2) is 5.92. The van der Waals surface area contributed by atoms with E-state index in [1.807, 2.05) is 0 Å². The van der Waals surface area contributed by atoms with Crippen LogP contribution in [0.5, 0.6) is 0 Å². The van der Waals surface area contributed by atoms with Crippen LogP contribution in [0.25, 0.3) is 11.0 Å². The molecule has 0 radical (unpaired) electrons. The number of H-pyrrole nitrogens is 2. The van der Waals surface area contributed by atoms with Crippen LogP contribution in [0.2, 0.25) is 0 Å². The number of benzene rings is 2. The predicted molar refractivity (Wildman–Crippen MR) is 86.6 cm³/mol. The number of carbonyl (C=O) groups is 2. The summed E-state index contributed by atoms with van der Waals surface area (Å²) in [7, 11) is 0. The minimum atomic E-state index is -1.13. The molecule has 5 N–H and O–H groups in total. The quantitative estimate of drug-likeness (QED) is 0.485. The highest BCUT2D eigenvalue weighted by Crippen LogP contribution is 2.18. The molecule has 1 heterocycles. The summed E-state index contributed by atoms with van der Waals surface area (Å²) in [6, 6.07) is 9.00. The first-order chi connectivity index (χ1) is 11.4. The maximum atomic E-state index is 11.3. The number of fused-ring (bicyclic) bond motifs is 1. The van der Waals surface area contributed by atoms with Crippen molar-refractivity contribution in [2.45, 2.75) is 6.54 Å². The number of aromatic nitrogens is 2. The molecule has 0 saturated heterocycles. The van der Waals surface area contributed by atoms with Crippen molar-refractivity contribution < 1.29 is 19.8 Å². The number of nitrogens with one attached hydrogen (secondary N) is 3. The van der Waals surface area contributed by atoms with E-state index in [4.69, 9.17) is 5.11 Å². The molecule has 0 spiro atoms. The lowest BCUT2D eigenvalue weighted by molar-refractivity contribution is 0.0680. The third kappa shape index (κ3) is 2.98. The number of anilines is 1. The topological polar surface area (TPSA) is 135 Å². The molecule has 8 heteroatoms. The van der Waals surface area contributed by atoms with Gasteiger partial charge in [0, 0.05) is 12.2 Å². The summed E-state index contributed by atoms with van der Waals surface area (Å²) >= 11 is 0. The average molecular weight is 327 g/mol. The Morgan fingerprint density at radius 1 is 0.958 bits per heavy atom. The van der Waals surface area contributed by atoms with Gasteiger partial charge < -0.3 is 25.5 Å². The zero-order valence-corrected chi connectivity index (χ0v) is 12.3. The van der Waals surface area contributed by atoms with Crippen molar-refractivity contribution in [1.29, 1.82) is 0 Å². The van der Waals surface area contributed by atoms with Crippen molar-refractivity contribution in [2.24, 2.45) is 0 Å². The van der Waals surface area contributed by atoms with Crippen LogP contribution >= 0.6 is 0 Å². The van der Waals surface area contributed by atoms with Crippen molar-refractivity contribution in [3.8, 4) is 0 Å². The van der Waals surface area contributed by atoms with Crippen LogP contribution in [-0.2, 0) is 6.54 Å². The molecule has 3 aromatic rings. The summed E-state index contributed by atoms with van der Waals surface area (Å²) in [5.74, 6) is -2.26. The van der Waals surface area contributed by atoms with Gasteiger partial charge in [-0.15, -0.1) is 0 Å². The molecule has 0 aliphatic carbocycles. The number of carboxylic acids is 2.